The third-order valence-corrected chi connectivity index (χ3v) is 3.68. The lowest BCUT2D eigenvalue weighted by Crippen LogP contribution is -2.45. The van der Waals surface area contributed by atoms with Crippen LogP contribution in [0.15, 0.2) is 29.1 Å². The van der Waals surface area contributed by atoms with Gasteiger partial charge < -0.3 is 11.1 Å². The topological polar surface area (TPSA) is 82.0 Å². The molecule has 0 bridgehead atoms. The van der Waals surface area contributed by atoms with Gasteiger partial charge >= 0.3 is 5.69 Å². The first-order chi connectivity index (χ1) is 10.8. The zero-order valence-electron chi connectivity index (χ0n) is 14.1. The van der Waals surface area contributed by atoms with Gasteiger partial charge in [0.15, 0.2) is 0 Å². The van der Waals surface area contributed by atoms with Crippen LogP contribution in [0.1, 0.15) is 33.6 Å². The zero-order valence-corrected chi connectivity index (χ0v) is 14.1. The van der Waals surface area contributed by atoms with E-state index in [2.05, 4.69) is 5.32 Å². The molecule has 23 heavy (non-hydrogen) atoms. The van der Waals surface area contributed by atoms with Crippen LogP contribution in [0.3, 0.4) is 0 Å². The first-order valence-corrected chi connectivity index (χ1v) is 8.07. The second-order valence-electron chi connectivity index (χ2n) is 6.59. The minimum atomic E-state index is -0.441. The van der Waals surface area contributed by atoms with Gasteiger partial charge in [0.05, 0.1) is 11.0 Å². The quantitative estimate of drug-likeness (QED) is 0.811. The van der Waals surface area contributed by atoms with Gasteiger partial charge in [0.2, 0.25) is 5.91 Å². The van der Waals surface area contributed by atoms with E-state index in [-0.39, 0.29) is 18.0 Å². The summed E-state index contributed by atoms with van der Waals surface area (Å²) in [5, 5.41) is 2.81. The lowest BCUT2D eigenvalue weighted by Gasteiger charge is -2.18. The Hall–Kier alpha value is -2.08. The summed E-state index contributed by atoms with van der Waals surface area (Å²) in [5.74, 6) is -0.0947. The van der Waals surface area contributed by atoms with Gasteiger partial charge in [-0.3, -0.25) is 13.9 Å². The molecule has 0 atom stereocenters. The number of hydrogen-bond acceptors (Lipinski definition) is 3. The Morgan fingerprint density at radius 2 is 1.74 bits per heavy atom. The van der Waals surface area contributed by atoms with Gasteiger partial charge in [-0.1, -0.05) is 19.1 Å². The van der Waals surface area contributed by atoms with Crippen LogP contribution >= 0.6 is 0 Å². The number of aromatic nitrogens is 2. The molecule has 0 aliphatic rings. The maximum absolute atomic E-state index is 12.6. The van der Waals surface area contributed by atoms with Crippen molar-refractivity contribution in [3.05, 3.63) is 34.7 Å². The van der Waals surface area contributed by atoms with E-state index < -0.39 is 5.54 Å². The van der Waals surface area contributed by atoms with Crippen molar-refractivity contribution in [3.63, 3.8) is 0 Å². The second kappa shape index (κ2) is 7.00. The van der Waals surface area contributed by atoms with Crippen molar-refractivity contribution in [2.24, 2.45) is 5.73 Å². The van der Waals surface area contributed by atoms with Gasteiger partial charge in [-0.05, 0) is 32.4 Å². The normalized spacial score (nSPS) is 11.8. The molecule has 0 saturated carbocycles. The molecule has 2 rings (SSSR count). The fourth-order valence-corrected chi connectivity index (χ4v) is 2.56. The minimum absolute atomic E-state index is 0.0556. The Labute approximate surface area is 136 Å². The number of amides is 1. The van der Waals surface area contributed by atoms with E-state index >= 15 is 0 Å². The molecule has 1 amide bonds. The number of benzene rings is 1. The number of nitrogens with one attached hydrogen (secondary N) is 1. The number of hydrogen-bond donors (Lipinski definition) is 2. The van der Waals surface area contributed by atoms with Crippen LogP contribution in [-0.4, -0.2) is 27.1 Å². The summed E-state index contributed by atoms with van der Waals surface area (Å²) < 4.78 is 3.45. The Morgan fingerprint density at radius 3 is 2.26 bits per heavy atom. The lowest BCUT2D eigenvalue weighted by molar-refractivity contribution is -0.121. The summed E-state index contributed by atoms with van der Waals surface area (Å²) >= 11 is 0. The van der Waals surface area contributed by atoms with E-state index in [1.165, 1.54) is 0 Å². The Morgan fingerprint density at radius 1 is 1.17 bits per heavy atom. The first kappa shape index (κ1) is 17.3. The molecular formula is C17H26N4O2. The Bertz CT molecular complexity index is 737. The largest absolute Gasteiger partial charge is 0.354 e. The maximum Gasteiger partial charge on any atom is 0.329 e. The number of nitrogens with zero attached hydrogens (tertiary/aromatic N) is 2. The zero-order chi connectivity index (χ0) is 17.0. The summed E-state index contributed by atoms with van der Waals surface area (Å²) in [5.41, 5.74) is 7.15. The molecule has 126 valence electrons. The van der Waals surface area contributed by atoms with Crippen molar-refractivity contribution in [2.45, 2.75) is 52.2 Å². The molecule has 0 saturated heterocycles. The second-order valence-corrected chi connectivity index (χ2v) is 6.59. The molecule has 0 aliphatic carbocycles. The third kappa shape index (κ3) is 4.22. The third-order valence-electron chi connectivity index (χ3n) is 3.68. The molecule has 3 N–H and O–H groups in total. The van der Waals surface area contributed by atoms with Gasteiger partial charge in [-0.2, -0.15) is 0 Å². The molecule has 6 nitrogen and oxygen atoms in total. The fraction of sp³-hybridized carbons (Fsp3) is 0.529. The molecule has 0 unspecified atom stereocenters. The SMILES string of the molecule is CCCn1c(=O)n(CCC(=O)NCC(C)(C)N)c2ccccc21. The Balaban J connectivity index is 2.16. The summed E-state index contributed by atoms with van der Waals surface area (Å²) in [4.78, 5) is 24.5. The highest BCUT2D eigenvalue weighted by molar-refractivity contribution is 5.78. The van der Waals surface area contributed by atoms with Gasteiger partial charge in [-0.15, -0.1) is 0 Å². The van der Waals surface area contributed by atoms with Crippen LogP contribution in [0.4, 0.5) is 0 Å². The van der Waals surface area contributed by atoms with E-state index in [9.17, 15) is 9.59 Å². The number of para-hydroxylation sites is 2. The number of fused-ring (bicyclic) bond motifs is 1. The average Bonchev–Trinajstić information content (AvgIpc) is 2.76. The van der Waals surface area contributed by atoms with E-state index in [1.807, 2.05) is 45.0 Å². The summed E-state index contributed by atoms with van der Waals surface area (Å²) in [6.45, 7) is 7.22. The molecule has 1 aromatic carbocycles. The average molecular weight is 318 g/mol. The summed E-state index contributed by atoms with van der Waals surface area (Å²) in [7, 11) is 0. The predicted molar refractivity (Wildman–Crippen MR) is 92.4 cm³/mol. The monoisotopic (exact) mass is 318 g/mol. The number of carbonyl (C=O) groups is 1. The van der Waals surface area contributed by atoms with Crippen LogP contribution in [0.25, 0.3) is 11.0 Å². The molecule has 0 fully saturated rings. The van der Waals surface area contributed by atoms with Crippen LogP contribution in [0, 0.1) is 0 Å². The smallest absolute Gasteiger partial charge is 0.329 e. The first-order valence-electron chi connectivity index (χ1n) is 8.07. The van der Waals surface area contributed by atoms with Crippen LogP contribution < -0.4 is 16.7 Å². The van der Waals surface area contributed by atoms with Crippen molar-refractivity contribution >= 4 is 16.9 Å². The molecule has 2 aromatic rings. The van der Waals surface area contributed by atoms with Gasteiger partial charge in [-0.25, -0.2) is 4.79 Å². The minimum Gasteiger partial charge on any atom is -0.354 e. The van der Waals surface area contributed by atoms with E-state index in [1.54, 1.807) is 9.13 Å². The highest BCUT2D eigenvalue weighted by Crippen LogP contribution is 2.13. The van der Waals surface area contributed by atoms with Crippen LogP contribution in [0.5, 0.6) is 0 Å². The number of nitrogens with two attached hydrogens (primary N) is 1. The molecule has 0 aliphatic heterocycles. The summed E-state index contributed by atoms with van der Waals surface area (Å²) in [6.07, 6.45) is 1.15. The van der Waals surface area contributed by atoms with Crippen LogP contribution in [-0.2, 0) is 17.9 Å². The molecule has 0 radical (unpaired) electrons. The van der Waals surface area contributed by atoms with Crippen molar-refractivity contribution in [3.8, 4) is 0 Å². The molecular weight excluding hydrogens is 292 g/mol. The van der Waals surface area contributed by atoms with Gasteiger partial charge in [0, 0.05) is 31.6 Å². The van der Waals surface area contributed by atoms with Crippen molar-refractivity contribution in [1.82, 2.24) is 14.5 Å². The van der Waals surface area contributed by atoms with Crippen molar-refractivity contribution < 1.29 is 4.79 Å². The number of imidazole rings is 1. The van der Waals surface area contributed by atoms with E-state index in [0.29, 0.717) is 19.6 Å². The van der Waals surface area contributed by atoms with Crippen LogP contribution in [0.2, 0.25) is 0 Å². The van der Waals surface area contributed by atoms with E-state index in [4.69, 9.17) is 5.73 Å². The maximum atomic E-state index is 12.6. The molecule has 6 heteroatoms. The highest BCUT2D eigenvalue weighted by Gasteiger charge is 2.15. The number of aryl methyl sites for hydroxylation is 2. The van der Waals surface area contributed by atoms with Gasteiger partial charge in [0.1, 0.15) is 0 Å². The standard InChI is InChI=1S/C17H26N4O2/c1-4-10-20-13-7-5-6-8-14(13)21(16(20)23)11-9-15(22)19-12-17(2,3)18/h5-8H,4,9-12,18H2,1-3H3,(H,19,22). The Kier molecular flexibility index (Phi) is 5.26. The predicted octanol–water partition coefficient (Wildman–Crippen LogP) is 1.46. The number of rotatable bonds is 7. The highest BCUT2D eigenvalue weighted by atomic mass is 16.2. The molecule has 1 heterocycles. The van der Waals surface area contributed by atoms with Crippen molar-refractivity contribution in [1.29, 1.82) is 0 Å². The van der Waals surface area contributed by atoms with Crippen molar-refractivity contribution in [2.75, 3.05) is 6.54 Å². The molecule has 0 spiro atoms. The molecule has 1 aromatic heterocycles. The number of carbonyl (C=O) groups excluding carboxylic acids is 1. The fourth-order valence-electron chi connectivity index (χ4n) is 2.56. The summed E-state index contributed by atoms with van der Waals surface area (Å²) in [6, 6.07) is 7.70. The lowest BCUT2D eigenvalue weighted by atomic mass is 10.1. The van der Waals surface area contributed by atoms with E-state index in [0.717, 1.165) is 17.5 Å². The van der Waals surface area contributed by atoms with Gasteiger partial charge in [0.25, 0.3) is 0 Å².